The van der Waals surface area contributed by atoms with Crippen molar-refractivity contribution in [3.63, 3.8) is 0 Å². The van der Waals surface area contributed by atoms with Crippen molar-refractivity contribution < 1.29 is 4.79 Å². The lowest BCUT2D eigenvalue weighted by Gasteiger charge is -2.37. The molecule has 3 heteroatoms. The lowest BCUT2D eigenvalue weighted by atomic mass is 9.97. The Hall–Kier alpha value is -0.570. The fourth-order valence-corrected chi connectivity index (χ4v) is 2.34. The Morgan fingerprint density at radius 2 is 2.21 bits per heavy atom. The second kappa shape index (κ2) is 4.30. The molecule has 1 heterocycles. The molecule has 1 amide bonds. The van der Waals surface area contributed by atoms with Gasteiger partial charge in [-0.25, -0.2) is 0 Å². The highest BCUT2D eigenvalue weighted by molar-refractivity contribution is 5.82. The topological polar surface area (TPSA) is 32.3 Å². The Morgan fingerprint density at radius 1 is 1.57 bits per heavy atom. The van der Waals surface area contributed by atoms with Gasteiger partial charge in [-0.15, -0.1) is 0 Å². The predicted octanol–water partition coefficient (Wildman–Crippen LogP) is 1.39. The first-order chi connectivity index (χ1) is 6.53. The molecule has 82 valence electrons. The Labute approximate surface area is 86.9 Å². The van der Waals surface area contributed by atoms with Crippen molar-refractivity contribution in [1.82, 2.24) is 10.2 Å². The molecular weight excluding hydrogens is 176 g/mol. The van der Waals surface area contributed by atoms with E-state index in [0.29, 0.717) is 0 Å². The van der Waals surface area contributed by atoms with Crippen molar-refractivity contribution in [2.45, 2.75) is 51.6 Å². The summed E-state index contributed by atoms with van der Waals surface area (Å²) in [4.78, 5) is 14.1. The van der Waals surface area contributed by atoms with Crippen LogP contribution in [0.15, 0.2) is 0 Å². The Morgan fingerprint density at radius 3 is 2.71 bits per heavy atom. The summed E-state index contributed by atoms with van der Waals surface area (Å²) in [6.45, 7) is 7.18. The number of rotatable bonds is 2. The minimum Gasteiger partial charge on any atom is -0.337 e. The molecule has 1 N–H and O–H groups in total. The van der Waals surface area contributed by atoms with E-state index in [1.807, 2.05) is 11.9 Å². The van der Waals surface area contributed by atoms with Crippen LogP contribution in [0.5, 0.6) is 0 Å². The van der Waals surface area contributed by atoms with Crippen LogP contribution in [0.3, 0.4) is 0 Å². The zero-order chi connectivity index (χ0) is 10.8. The molecule has 14 heavy (non-hydrogen) atoms. The van der Waals surface area contributed by atoms with Crippen LogP contribution in [-0.4, -0.2) is 36.0 Å². The average molecular weight is 198 g/mol. The van der Waals surface area contributed by atoms with E-state index >= 15 is 0 Å². The third-order valence-corrected chi connectivity index (χ3v) is 3.24. The van der Waals surface area contributed by atoms with Crippen LogP contribution >= 0.6 is 0 Å². The molecule has 0 aliphatic carbocycles. The van der Waals surface area contributed by atoms with Gasteiger partial charge in [0.2, 0.25) is 5.91 Å². The summed E-state index contributed by atoms with van der Waals surface area (Å²) in [6, 6.07) is 0.0247. The summed E-state index contributed by atoms with van der Waals surface area (Å²) in [7, 11) is 1.87. The van der Waals surface area contributed by atoms with E-state index in [4.69, 9.17) is 0 Å². The maximum absolute atomic E-state index is 12.1. The lowest BCUT2D eigenvalue weighted by molar-refractivity contribution is -0.137. The third kappa shape index (κ3) is 2.08. The van der Waals surface area contributed by atoms with Gasteiger partial charge in [-0.1, -0.05) is 0 Å². The Balaban J connectivity index is 2.86. The monoisotopic (exact) mass is 198 g/mol. The van der Waals surface area contributed by atoms with Crippen molar-refractivity contribution in [1.29, 1.82) is 0 Å². The van der Waals surface area contributed by atoms with Crippen LogP contribution in [0, 0.1) is 0 Å². The molecule has 1 aliphatic rings. The molecule has 1 rings (SSSR count). The number of carbonyl (C=O) groups is 1. The SMILES string of the molecule is CCN1C(=O)C(NC)CCCC1(C)C. The summed E-state index contributed by atoms with van der Waals surface area (Å²) >= 11 is 0. The van der Waals surface area contributed by atoms with Gasteiger partial charge in [0, 0.05) is 12.1 Å². The second-order valence-corrected chi connectivity index (χ2v) is 4.63. The second-order valence-electron chi connectivity index (χ2n) is 4.63. The first-order valence-corrected chi connectivity index (χ1v) is 5.51. The minimum atomic E-state index is 0.0247. The Kier molecular flexibility index (Phi) is 3.53. The molecule has 0 saturated carbocycles. The van der Waals surface area contributed by atoms with Crippen molar-refractivity contribution in [2.75, 3.05) is 13.6 Å². The van der Waals surface area contributed by atoms with Crippen LogP contribution in [-0.2, 0) is 4.79 Å². The van der Waals surface area contributed by atoms with Gasteiger partial charge in [-0.05, 0) is 47.1 Å². The number of likely N-dealkylation sites (N-methyl/N-ethyl adjacent to an activating group) is 2. The quantitative estimate of drug-likeness (QED) is 0.727. The zero-order valence-electron chi connectivity index (χ0n) is 9.76. The highest BCUT2D eigenvalue weighted by Gasteiger charge is 2.35. The molecule has 0 aromatic rings. The van der Waals surface area contributed by atoms with Crippen LogP contribution in [0.4, 0.5) is 0 Å². The molecule has 3 nitrogen and oxygen atoms in total. The van der Waals surface area contributed by atoms with Crippen LogP contribution in [0.1, 0.15) is 40.0 Å². The number of hydrogen-bond acceptors (Lipinski definition) is 2. The number of hydrogen-bond donors (Lipinski definition) is 1. The van der Waals surface area contributed by atoms with E-state index in [1.54, 1.807) is 0 Å². The number of nitrogens with zero attached hydrogens (tertiary/aromatic N) is 1. The standard InChI is InChI=1S/C11H22N2O/c1-5-13-10(14)9(12-4)7-6-8-11(13,2)3/h9,12H,5-8H2,1-4H3. The molecule has 0 radical (unpaired) electrons. The predicted molar refractivity (Wildman–Crippen MR) is 58.2 cm³/mol. The number of likely N-dealkylation sites (tertiary alicyclic amines) is 1. The number of amides is 1. The summed E-state index contributed by atoms with van der Waals surface area (Å²) in [6.07, 6.45) is 3.20. The van der Waals surface area contributed by atoms with E-state index in [2.05, 4.69) is 26.1 Å². The van der Waals surface area contributed by atoms with E-state index in [9.17, 15) is 4.79 Å². The Bertz CT molecular complexity index is 213. The molecule has 1 atom stereocenters. The number of carbonyl (C=O) groups excluding carboxylic acids is 1. The average Bonchev–Trinajstić information content (AvgIpc) is 2.22. The highest BCUT2D eigenvalue weighted by Crippen LogP contribution is 2.26. The molecule has 0 bridgehead atoms. The van der Waals surface area contributed by atoms with Crippen LogP contribution in [0.2, 0.25) is 0 Å². The minimum absolute atomic E-state index is 0.0247. The van der Waals surface area contributed by atoms with Gasteiger partial charge in [0.1, 0.15) is 0 Å². The maximum Gasteiger partial charge on any atom is 0.240 e. The zero-order valence-corrected chi connectivity index (χ0v) is 9.76. The van der Waals surface area contributed by atoms with E-state index in [0.717, 1.165) is 25.8 Å². The van der Waals surface area contributed by atoms with E-state index < -0.39 is 0 Å². The van der Waals surface area contributed by atoms with E-state index in [1.165, 1.54) is 0 Å². The van der Waals surface area contributed by atoms with Gasteiger partial charge in [-0.3, -0.25) is 4.79 Å². The molecule has 1 aliphatic heterocycles. The van der Waals surface area contributed by atoms with Gasteiger partial charge in [0.25, 0.3) is 0 Å². The molecule has 1 fully saturated rings. The van der Waals surface area contributed by atoms with Gasteiger partial charge in [0.15, 0.2) is 0 Å². The van der Waals surface area contributed by atoms with E-state index in [-0.39, 0.29) is 17.5 Å². The summed E-state index contributed by atoms with van der Waals surface area (Å²) < 4.78 is 0. The highest BCUT2D eigenvalue weighted by atomic mass is 16.2. The smallest absolute Gasteiger partial charge is 0.240 e. The lowest BCUT2D eigenvalue weighted by Crippen LogP contribution is -2.51. The first-order valence-electron chi connectivity index (χ1n) is 5.51. The van der Waals surface area contributed by atoms with Crippen LogP contribution < -0.4 is 5.32 Å². The largest absolute Gasteiger partial charge is 0.337 e. The fraction of sp³-hybridized carbons (Fsp3) is 0.909. The number of nitrogens with one attached hydrogen (secondary N) is 1. The molecule has 0 aromatic carbocycles. The van der Waals surface area contributed by atoms with Gasteiger partial charge >= 0.3 is 0 Å². The summed E-state index contributed by atoms with van der Waals surface area (Å²) in [5, 5.41) is 3.10. The summed E-state index contributed by atoms with van der Waals surface area (Å²) in [5.74, 6) is 0.262. The van der Waals surface area contributed by atoms with Gasteiger partial charge in [-0.2, -0.15) is 0 Å². The van der Waals surface area contributed by atoms with Gasteiger partial charge < -0.3 is 10.2 Å². The van der Waals surface area contributed by atoms with Gasteiger partial charge in [0.05, 0.1) is 6.04 Å². The molecule has 0 spiro atoms. The van der Waals surface area contributed by atoms with Crippen molar-refractivity contribution >= 4 is 5.91 Å². The van der Waals surface area contributed by atoms with Crippen molar-refractivity contribution in [2.24, 2.45) is 0 Å². The molecule has 1 saturated heterocycles. The molecule has 0 aromatic heterocycles. The van der Waals surface area contributed by atoms with Crippen molar-refractivity contribution in [3.8, 4) is 0 Å². The van der Waals surface area contributed by atoms with Crippen molar-refractivity contribution in [3.05, 3.63) is 0 Å². The fourth-order valence-electron chi connectivity index (χ4n) is 2.34. The normalized spacial score (nSPS) is 27.6. The van der Waals surface area contributed by atoms with Crippen LogP contribution in [0.25, 0.3) is 0 Å². The third-order valence-electron chi connectivity index (χ3n) is 3.24. The maximum atomic E-state index is 12.1. The first kappa shape index (κ1) is 11.5. The molecular formula is C11H22N2O. The summed E-state index contributed by atoms with van der Waals surface area (Å²) in [5.41, 5.74) is 0.0252. The molecule has 1 unspecified atom stereocenters.